The van der Waals surface area contributed by atoms with Crippen molar-refractivity contribution in [1.82, 2.24) is 5.32 Å². The molecule has 1 fully saturated rings. The summed E-state index contributed by atoms with van der Waals surface area (Å²) in [7, 11) is 0. The molecule has 45 heavy (non-hydrogen) atoms. The second-order valence-corrected chi connectivity index (χ2v) is 12.2. The average Bonchev–Trinajstić information content (AvgIpc) is 3.70. The van der Waals surface area contributed by atoms with Gasteiger partial charge in [0.15, 0.2) is 5.60 Å². The van der Waals surface area contributed by atoms with Crippen molar-refractivity contribution in [2.45, 2.75) is 57.8 Å². The minimum Gasteiger partial charge on any atom is -0.464 e. The fourth-order valence-electron chi connectivity index (χ4n) is 5.79. The zero-order valence-corrected chi connectivity index (χ0v) is 26.4. The highest BCUT2D eigenvalue weighted by Crippen LogP contribution is 2.47. The highest BCUT2D eigenvalue weighted by Gasteiger charge is 2.55. The van der Waals surface area contributed by atoms with Crippen molar-refractivity contribution in [3.8, 4) is 0 Å². The molecular formula is C38H36ClNO5. The summed E-state index contributed by atoms with van der Waals surface area (Å²) in [5.74, 6) is 0.117. The minimum absolute atomic E-state index is 0.0839. The molecule has 0 radical (unpaired) electrons. The Balaban J connectivity index is 1.25. The number of carbonyl (C=O) groups is 2. The first-order chi connectivity index (χ1) is 21.7. The maximum absolute atomic E-state index is 13.5. The van der Waals surface area contributed by atoms with E-state index in [1.54, 1.807) is 19.1 Å². The molecule has 0 spiro atoms. The van der Waals surface area contributed by atoms with Crippen molar-refractivity contribution in [3.63, 3.8) is 0 Å². The lowest BCUT2D eigenvalue weighted by Crippen LogP contribution is -2.31. The molecule has 1 amide bonds. The quantitative estimate of drug-likeness (QED) is 0.150. The molecule has 0 saturated heterocycles. The average molecular weight is 622 g/mol. The first-order valence-corrected chi connectivity index (χ1v) is 15.7. The molecule has 2 unspecified atom stereocenters. The van der Waals surface area contributed by atoms with Gasteiger partial charge in [0, 0.05) is 10.4 Å². The van der Waals surface area contributed by atoms with Crippen molar-refractivity contribution in [2.24, 2.45) is 0 Å². The molecule has 1 N–H and O–H groups in total. The van der Waals surface area contributed by atoms with Crippen LogP contribution in [0.3, 0.4) is 0 Å². The molecule has 1 saturated carbocycles. The van der Waals surface area contributed by atoms with Crippen LogP contribution in [0.2, 0.25) is 5.02 Å². The van der Waals surface area contributed by atoms with E-state index in [0.29, 0.717) is 29.2 Å². The van der Waals surface area contributed by atoms with Crippen LogP contribution in [0.5, 0.6) is 0 Å². The van der Waals surface area contributed by atoms with Gasteiger partial charge in [-0.2, -0.15) is 0 Å². The van der Waals surface area contributed by atoms with Crippen LogP contribution in [-0.4, -0.2) is 24.1 Å². The van der Waals surface area contributed by atoms with E-state index in [9.17, 15) is 9.59 Å². The van der Waals surface area contributed by atoms with Gasteiger partial charge in [-0.3, -0.25) is 4.79 Å². The molecule has 7 heteroatoms. The van der Waals surface area contributed by atoms with Crippen molar-refractivity contribution < 1.29 is 23.5 Å². The van der Waals surface area contributed by atoms with Crippen LogP contribution in [0.25, 0.3) is 11.0 Å². The predicted molar refractivity (Wildman–Crippen MR) is 175 cm³/mol. The standard InChI is InChI=1S/C38H36ClNO5/c1-4-43-37(42)38(18-19-38)45-36(28-12-14-30(39)15-13-28)33-23-29-21-26(11-17-32(29)44-33)22-34(41)40-35(27-8-6-5-7-9-27)31-16-10-24(2)20-25(31)3/h5-17,20-21,23,35-36H,4,18-19,22H2,1-3H3,(H,40,41). The molecule has 6 nitrogen and oxygen atoms in total. The van der Waals surface area contributed by atoms with E-state index in [1.165, 1.54) is 5.56 Å². The van der Waals surface area contributed by atoms with Crippen molar-refractivity contribution in [3.05, 3.63) is 141 Å². The van der Waals surface area contributed by atoms with E-state index in [1.807, 2.05) is 66.7 Å². The number of amides is 1. The smallest absolute Gasteiger partial charge is 0.338 e. The van der Waals surface area contributed by atoms with Crippen LogP contribution >= 0.6 is 11.6 Å². The molecule has 1 aromatic heterocycles. The molecule has 6 rings (SSSR count). The number of hydrogen-bond donors (Lipinski definition) is 1. The van der Waals surface area contributed by atoms with Crippen LogP contribution in [-0.2, 0) is 25.5 Å². The second-order valence-electron chi connectivity index (χ2n) is 11.7. The van der Waals surface area contributed by atoms with Crippen molar-refractivity contribution in [1.29, 1.82) is 0 Å². The molecular weight excluding hydrogens is 586 g/mol. The first kappa shape index (κ1) is 30.6. The number of carbonyl (C=O) groups excluding carboxylic acids is 2. The van der Waals surface area contributed by atoms with Gasteiger partial charge in [0.25, 0.3) is 0 Å². The topological polar surface area (TPSA) is 77.8 Å². The van der Waals surface area contributed by atoms with Gasteiger partial charge in [-0.1, -0.05) is 83.9 Å². The van der Waals surface area contributed by atoms with E-state index in [2.05, 4.69) is 37.4 Å². The van der Waals surface area contributed by atoms with Gasteiger partial charge in [-0.25, -0.2) is 4.79 Å². The number of esters is 1. The minimum atomic E-state index is -0.992. The fraction of sp³-hybridized carbons (Fsp3) is 0.263. The number of benzene rings is 4. The number of aryl methyl sites for hydroxylation is 2. The van der Waals surface area contributed by atoms with E-state index in [0.717, 1.165) is 33.2 Å². The van der Waals surface area contributed by atoms with Crippen molar-refractivity contribution >= 4 is 34.4 Å². The monoisotopic (exact) mass is 621 g/mol. The SMILES string of the molecule is CCOC(=O)C1(OC(c2ccc(Cl)cc2)c2cc3cc(CC(=O)NC(c4ccccc4)c4ccc(C)cc4C)ccc3o2)CC1. The molecule has 1 heterocycles. The highest BCUT2D eigenvalue weighted by atomic mass is 35.5. The third-order valence-corrected chi connectivity index (χ3v) is 8.52. The molecule has 4 aromatic carbocycles. The van der Waals surface area contributed by atoms with Crippen LogP contribution in [0.1, 0.15) is 71.1 Å². The van der Waals surface area contributed by atoms with Gasteiger partial charge in [0.1, 0.15) is 17.4 Å². The molecule has 1 aliphatic carbocycles. The molecule has 0 aliphatic heterocycles. The van der Waals surface area contributed by atoms with Gasteiger partial charge < -0.3 is 19.2 Å². The molecule has 2 atom stereocenters. The number of ether oxygens (including phenoxy) is 2. The normalized spacial score (nSPS) is 14.9. The summed E-state index contributed by atoms with van der Waals surface area (Å²) in [5.41, 5.74) is 5.74. The summed E-state index contributed by atoms with van der Waals surface area (Å²) in [4.78, 5) is 26.2. The number of fused-ring (bicyclic) bond motifs is 1. The Kier molecular flexibility index (Phi) is 8.79. The lowest BCUT2D eigenvalue weighted by molar-refractivity contribution is -0.163. The van der Waals surface area contributed by atoms with Crippen LogP contribution in [0, 0.1) is 13.8 Å². The van der Waals surface area contributed by atoms with Gasteiger partial charge in [-0.15, -0.1) is 0 Å². The van der Waals surface area contributed by atoms with Crippen LogP contribution < -0.4 is 5.32 Å². The number of nitrogens with one attached hydrogen (secondary N) is 1. The maximum atomic E-state index is 13.5. The summed E-state index contributed by atoms with van der Waals surface area (Å²) in [6, 6.07) is 31.0. The van der Waals surface area contributed by atoms with E-state index in [4.69, 9.17) is 25.5 Å². The molecule has 5 aromatic rings. The number of rotatable bonds is 11. The van der Waals surface area contributed by atoms with E-state index >= 15 is 0 Å². The second kappa shape index (κ2) is 12.9. The van der Waals surface area contributed by atoms with E-state index < -0.39 is 11.7 Å². The van der Waals surface area contributed by atoms with Crippen LogP contribution in [0.15, 0.2) is 101 Å². The number of halogens is 1. The zero-order valence-electron chi connectivity index (χ0n) is 25.6. The maximum Gasteiger partial charge on any atom is 0.338 e. The Morgan fingerprint density at radius 3 is 2.36 bits per heavy atom. The van der Waals surface area contributed by atoms with Gasteiger partial charge in [0.2, 0.25) is 5.91 Å². The molecule has 230 valence electrons. The Morgan fingerprint density at radius 1 is 0.911 bits per heavy atom. The van der Waals surface area contributed by atoms with Gasteiger partial charge in [0.05, 0.1) is 19.1 Å². The Hall–Kier alpha value is -4.39. The number of furan rings is 1. The highest BCUT2D eigenvalue weighted by molar-refractivity contribution is 6.30. The third kappa shape index (κ3) is 6.82. The lowest BCUT2D eigenvalue weighted by atomic mass is 9.93. The first-order valence-electron chi connectivity index (χ1n) is 15.3. The summed E-state index contributed by atoms with van der Waals surface area (Å²) in [5, 5.41) is 4.71. The van der Waals surface area contributed by atoms with E-state index in [-0.39, 0.29) is 30.9 Å². The Morgan fingerprint density at radius 2 is 1.67 bits per heavy atom. The Labute approximate surface area is 268 Å². The lowest BCUT2D eigenvalue weighted by Gasteiger charge is -2.22. The fourth-order valence-corrected chi connectivity index (χ4v) is 5.91. The Bertz CT molecular complexity index is 1820. The third-order valence-electron chi connectivity index (χ3n) is 8.27. The van der Waals surface area contributed by atoms with Crippen molar-refractivity contribution in [2.75, 3.05) is 6.61 Å². The van der Waals surface area contributed by atoms with Gasteiger partial charge in [-0.05, 0) is 91.8 Å². The predicted octanol–water partition coefficient (Wildman–Crippen LogP) is 8.35. The summed E-state index contributed by atoms with van der Waals surface area (Å²) in [6.45, 7) is 6.21. The molecule has 0 bridgehead atoms. The summed E-state index contributed by atoms with van der Waals surface area (Å²) < 4.78 is 18.1. The largest absolute Gasteiger partial charge is 0.464 e. The summed E-state index contributed by atoms with van der Waals surface area (Å²) >= 11 is 6.17. The summed E-state index contributed by atoms with van der Waals surface area (Å²) in [6.07, 6.45) is 0.731. The van der Waals surface area contributed by atoms with Crippen LogP contribution in [0.4, 0.5) is 0 Å². The molecule has 1 aliphatic rings. The zero-order chi connectivity index (χ0) is 31.6. The number of hydrogen-bond acceptors (Lipinski definition) is 5. The van der Waals surface area contributed by atoms with Gasteiger partial charge >= 0.3 is 5.97 Å².